The van der Waals surface area contributed by atoms with Gasteiger partial charge in [-0.25, -0.2) is 0 Å². The zero-order chi connectivity index (χ0) is 18.9. The summed E-state index contributed by atoms with van der Waals surface area (Å²) in [7, 11) is 0. The SMILES string of the molecule is CCOC1=CC2=CC[C@@H]3[C@H](CC[C@@]4(C)[C@H]3CC[C@@]43CCC(=O)O3)[C@@]2(C)CC1. The van der Waals surface area contributed by atoms with E-state index >= 15 is 0 Å². The molecule has 0 bridgehead atoms. The molecule has 0 unspecified atom stereocenters. The minimum atomic E-state index is -0.154. The van der Waals surface area contributed by atoms with Crippen molar-refractivity contribution in [2.75, 3.05) is 6.61 Å². The minimum Gasteiger partial charge on any atom is -0.498 e. The molecule has 0 aromatic carbocycles. The summed E-state index contributed by atoms with van der Waals surface area (Å²) >= 11 is 0. The van der Waals surface area contributed by atoms with Gasteiger partial charge in [0.05, 0.1) is 12.4 Å². The van der Waals surface area contributed by atoms with E-state index in [1.54, 1.807) is 0 Å². The van der Waals surface area contributed by atoms with Crippen LogP contribution in [0.4, 0.5) is 0 Å². The molecule has 6 atom stereocenters. The molecule has 3 nitrogen and oxygen atoms in total. The molecule has 3 fully saturated rings. The van der Waals surface area contributed by atoms with Gasteiger partial charge in [-0.15, -0.1) is 0 Å². The lowest BCUT2D eigenvalue weighted by atomic mass is 9.47. The maximum Gasteiger partial charge on any atom is 0.306 e. The molecule has 27 heavy (non-hydrogen) atoms. The van der Waals surface area contributed by atoms with Crippen LogP contribution in [0.25, 0.3) is 0 Å². The molecule has 5 aliphatic rings. The van der Waals surface area contributed by atoms with Crippen LogP contribution in [0.3, 0.4) is 0 Å². The molecule has 0 radical (unpaired) electrons. The molecule has 0 N–H and O–H groups in total. The van der Waals surface area contributed by atoms with Crippen molar-refractivity contribution in [1.29, 1.82) is 0 Å². The lowest BCUT2D eigenvalue weighted by Crippen LogP contribution is -2.54. The van der Waals surface area contributed by atoms with Crippen LogP contribution in [0.15, 0.2) is 23.5 Å². The summed E-state index contributed by atoms with van der Waals surface area (Å²) in [5.41, 5.74) is 1.86. The fraction of sp³-hybridized carbons (Fsp3) is 0.792. The summed E-state index contributed by atoms with van der Waals surface area (Å²) < 4.78 is 11.9. The third-order valence-corrected chi connectivity index (χ3v) is 9.39. The fourth-order valence-corrected chi connectivity index (χ4v) is 7.89. The smallest absolute Gasteiger partial charge is 0.306 e. The van der Waals surface area contributed by atoms with E-state index in [9.17, 15) is 4.79 Å². The van der Waals surface area contributed by atoms with E-state index < -0.39 is 0 Å². The standard InChI is InChI=1S/C24H34O3/c1-4-26-17-7-11-22(2)16(15-17)5-6-18-19(22)8-12-23(3)20(18)9-13-24(23)14-10-21(25)27-24/h5,15,18-20H,4,6-14H2,1-3H3/t18-,19+,20+,22+,23+,24-/m1/s1. The van der Waals surface area contributed by atoms with E-state index in [1.807, 2.05) is 0 Å². The number of ether oxygens (including phenoxy) is 2. The average Bonchev–Trinajstić information content (AvgIpc) is 3.16. The Morgan fingerprint density at radius 1 is 1.11 bits per heavy atom. The van der Waals surface area contributed by atoms with Gasteiger partial charge in [-0.2, -0.15) is 0 Å². The second-order valence-electron chi connectivity index (χ2n) is 10.2. The van der Waals surface area contributed by atoms with Gasteiger partial charge in [0, 0.05) is 18.3 Å². The van der Waals surface area contributed by atoms with Gasteiger partial charge in [0.15, 0.2) is 0 Å². The molecule has 1 saturated heterocycles. The van der Waals surface area contributed by atoms with Crippen molar-refractivity contribution in [3.05, 3.63) is 23.5 Å². The predicted octanol–water partition coefficient (Wildman–Crippen LogP) is 5.56. The second kappa shape index (κ2) is 5.87. The van der Waals surface area contributed by atoms with Crippen LogP contribution in [0.5, 0.6) is 0 Å². The number of rotatable bonds is 2. The monoisotopic (exact) mass is 370 g/mol. The van der Waals surface area contributed by atoms with Crippen molar-refractivity contribution < 1.29 is 14.3 Å². The van der Waals surface area contributed by atoms with Crippen molar-refractivity contribution in [1.82, 2.24) is 0 Å². The molecule has 5 rings (SSSR count). The van der Waals surface area contributed by atoms with Gasteiger partial charge in [0.2, 0.25) is 0 Å². The van der Waals surface area contributed by atoms with E-state index in [-0.39, 0.29) is 17.0 Å². The van der Waals surface area contributed by atoms with Crippen LogP contribution in [0.2, 0.25) is 0 Å². The largest absolute Gasteiger partial charge is 0.498 e. The first-order valence-corrected chi connectivity index (χ1v) is 11.2. The van der Waals surface area contributed by atoms with Gasteiger partial charge >= 0.3 is 5.97 Å². The van der Waals surface area contributed by atoms with E-state index in [1.165, 1.54) is 43.4 Å². The normalized spacial score (nSPS) is 48.3. The molecule has 0 aromatic heterocycles. The highest BCUT2D eigenvalue weighted by Gasteiger charge is 2.66. The lowest BCUT2D eigenvalue weighted by Gasteiger charge is -2.58. The van der Waals surface area contributed by atoms with Gasteiger partial charge in [-0.05, 0) is 86.7 Å². The first-order valence-electron chi connectivity index (χ1n) is 11.2. The quantitative estimate of drug-likeness (QED) is 0.597. The molecule has 148 valence electrons. The van der Waals surface area contributed by atoms with E-state index in [4.69, 9.17) is 9.47 Å². The van der Waals surface area contributed by atoms with Crippen molar-refractivity contribution in [2.24, 2.45) is 28.6 Å². The van der Waals surface area contributed by atoms with Gasteiger partial charge in [0.25, 0.3) is 0 Å². The maximum atomic E-state index is 12.0. The minimum absolute atomic E-state index is 0.0395. The number of carbonyl (C=O) groups is 1. The zero-order valence-corrected chi connectivity index (χ0v) is 17.2. The number of carbonyl (C=O) groups excluding carboxylic acids is 1. The highest BCUT2D eigenvalue weighted by atomic mass is 16.6. The van der Waals surface area contributed by atoms with Crippen molar-refractivity contribution in [2.45, 2.75) is 84.2 Å². The molecular weight excluding hydrogens is 336 g/mol. The first-order chi connectivity index (χ1) is 12.9. The number of hydrogen-bond donors (Lipinski definition) is 0. The Morgan fingerprint density at radius 2 is 1.93 bits per heavy atom. The summed E-state index contributed by atoms with van der Waals surface area (Å²) in [6.45, 7) is 7.81. The molecule has 3 heteroatoms. The maximum absolute atomic E-state index is 12.0. The Labute approximate surface area is 163 Å². The molecule has 1 aliphatic heterocycles. The lowest BCUT2D eigenvalue weighted by molar-refractivity contribution is -0.167. The van der Waals surface area contributed by atoms with Gasteiger partial charge in [-0.1, -0.05) is 19.9 Å². The van der Waals surface area contributed by atoms with Crippen molar-refractivity contribution in [3.8, 4) is 0 Å². The van der Waals surface area contributed by atoms with Crippen LogP contribution in [0, 0.1) is 28.6 Å². The first kappa shape index (κ1) is 17.8. The number of fused-ring (bicyclic) bond motifs is 6. The van der Waals surface area contributed by atoms with Gasteiger partial charge in [-0.3, -0.25) is 4.79 Å². The number of allylic oxidation sites excluding steroid dienone is 4. The number of hydrogen-bond acceptors (Lipinski definition) is 3. The third kappa shape index (κ3) is 2.29. The summed E-state index contributed by atoms with van der Waals surface area (Å²) in [4.78, 5) is 12.0. The Hall–Kier alpha value is -1.25. The molecular formula is C24H34O3. The second-order valence-corrected chi connectivity index (χ2v) is 10.2. The zero-order valence-electron chi connectivity index (χ0n) is 17.2. The van der Waals surface area contributed by atoms with E-state index in [0.29, 0.717) is 17.8 Å². The Kier molecular flexibility index (Phi) is 3.88. The molecule has 4 aliphatic carbocycles. The van der Waals surface area contributed by atoms with E-state index in [2.05, 4.69) is 32.9 Å². The van der Waals surface area contributed by atoms with Crippen molar-refractivity contribution in [3.63, 3.8) is 0 Å². The molecule has 1 heterocycles. The summed E-state index contributed by atoms with van der Waals surface area (Å²) in [5, 5.41) is 0. The third-order valence-electron chi connectivity index (χ3n) is 9.39. The van der Waals surface area contributed by atoms with Crippen LogP contribution >= 0.6 is 0 Å². The number of esters is 1. The highest BCUT2D eigenvalue weighted by Crippen LogP contribution is 2.69. The molecule has 0 amide bonds. The van der Waals surface area contributed by atoms with Crippen LogP contribution in [0.1, 0.15) is 78.6 Å². The average molecular weight is 371 g/mol. The summed E-state index contributed by atoms with van der Waals surface area (Å²) in [6.07, 6.45) is 14.8. The van der Waals surface area contributed by atoms with Crippen LogP contribution in [-0.2, 0) is 14.3 Å². The van der Waals surface area contributed by atoms with Crippen LogP contribution < -0.4 is 0 Å². The fourth-order valence-electron chi connectivity index (χ4n) is 7.89. The highest BCUT2D eigenvalue weighted by molar-refractivity contribution is 5.72. The van der Waals surface area contributed by atoms with Crippen molar-refractivity contribution >= 4 is 5.97 Å². The summed E-state index contributed by atoms with van der Waals surface area (Å²) in [6, 6.07) is 0. The van der Waals surface area contributed by atoms with E-state index in [0.717, 1.165) is 37.7 Å². The Bertz CT molecular complexity index is 721. The van der Waals surface area contributed by atoms with Crippen LogP contribution in [-0.4, -0.2) is 18.2 Å². The van der Waals surface area contributed by atoms with Gasteiger partial charge < -0.3 is 9.47 Å². The molecule has 2 saturated carbocycles. The summed E-state index contributed by atoms with van der Waals surface area (Å²) in [5.74, 6) is 3.44. The molecule has 0 aromatic rings. The molecule has 1 spiro atoms. The Balaban J connectivity index is 1.46. The van der Waals surface area contributed by atoms with Gasteiger partial charge in [0.1, 0.15) is 5.60 Å². The topological polar surface area (TPSA) is 35.5 Å². The predicted molar refractivity (Wildman–Crippen MR) is 105 cm³/mol. The Morgan fingerprint density at radius 3 is 2.67 bits per heavy atom.